The third kappa shape index (κ3) is 4.95. The molecule has 1 aromatic heterocycles. The molecule has 1 N–H and O–H groups in total. The summed E-state index contributed by atoms with van der Waals surface area (Å²) in [7, 11) is 0. The van der Waals surface area contributed by atoms with Crippen LogP contribution in [0.2, 0.25) is 5.02 Å². The van der Waals surface area contributed by atoms with Gasteiger partial charge in [0.2, 0.25) is 0 Å². The Morgan fingerprint density at radius 3 is 2.39 bits per heavy atom. The lowest BCUT2D eigenvalue weighted by Crippen LogP contribution is -2.56. The highest BCUT2D eigenvalue weighted by Gasteiger charge is 2.47. The summed E-state index contributed by atoms with van der Waals surface area (Å²) in [6.45, 7) is 3.28. The molecule has 0 aliphatic heterocycles. The van der Waals surface area contributed by atoms with E-state index in [0.717, 1.165) is 10.5 Å². The van der Waals surface area contributed by atoms with E-state index in [9.17, 15) is 19.2 Å². The molecule has 2 aromatic carbocycles. The zero-order chi connectivity index (χ0) is 24.2. The fourth-order valence-electron chi connectivity index (χ4n) is 3.25. The highest BCUT2D eigenvalue weighted by atomic mass is 35.5. The molecule has 0 spiro atoms. The van der Waals surface area contributed by atoms with E-state index in [-0.39, 0.29) is 27.5 Å². The minimum atomic E-state index is -2.41. The first-order chi connectivity index (χ1) is 15.7. The summed E-state index contributed by atoms with van der Waals surface area (Å²) in [5.74, 6) is -1.86. The van der Waals surface area contributed by atoms with Crippen molar-refractivity contribution in [1.82, 2.24) is 9.97 Å². The fourth-order valence-corrected chi connectivity index (χ4v) is 3.51. The Balaban J connectivity index is 2.18. The first-order valence-corrected chi connectivity index (χ1v) is 10.5. The second kappa shape index (κ2) is 9.94. The number of nitriles is 1. The van der Waals surface area contributed by atoms with Gasteiger partial charge in [-0.2, -0.15) is 5.26 Å². The average molecular weight is 486 g/mol. The van der Waals surface area contributed by atoms with Crippen LogP contribution >= 0.6 is 23.2 Å². The first kappa shape index (κ1) is 24.1. The number of nitrogens with zero attached hydrogens (tertiary/aromatic N) is 4. The number of aryl methyl sites for hydroxylation is 1. The zero-order valence-corrected chi connectivity index (χ0v) is 19.1. The number of hydrogen-bond acceptors (Lipinski definition) is 5. The number of amides is 2. The minimum Gasteiger partial charge on any atom is -0.324 e. The van der Waals surface area contributed by atoms with Gasteiger partial charge in [-0.25, -0.2) is 14.4 Å². The Hall–Kier alpha value is -3.54. The SMILES string of the molecule is Cc1ccc(N(C(=O)[C@H](F)Cl)[C@@](C)(C(=O)Nc2ccc(Cl)c(C#N)c2)c2cncnc2)cc1. The van der Waals surface area contributed by atoms with Crippen LogP contribution in [0.3, 0.4) is 0 Å². The summed E-state index contributed by atoms with van der Waals surface area (Å²) in [6, 6.07) is 12.9. The number of halogens is 3. The molecule has 10 heteroatoms. The molecule has 0 saturated carbocycles. The highest BCUT2D eigenvalue weighted by molar-refractivity contribution is 6.32. The van der Waals surface area contributed by atoms with E-state index in [1.165, 1.54) is 43.8 Å². The lowest BCUT2D eigenvalue weighted by Gasteiger charge is -2.40. The minimum absolute atomic E-state index is 0.148. The van der Waals surface area contributed by atoms with Gasteiger partial charge >= 0.3 is 0 Å². The monoisotopic (exact) mass is 485 g/mol. The number of benzene rings is 2. The normalized spacial score (nSPS) is 13.3. The lowest BCUT2D eigenvalue weighted by atomic mass is 9.89. The van der Waals surface area contributed by atoms with Crippen molar-refractivity contribution >= 4 is 46.4 Å². The molecule has 0 aliphatic carbocycles. The largest absolute Gasteiger partial charge is 0.324 e. The summed E-state index contributed by atoms with van der Waals surface area (Å²) in [5, 5.41) is 12.1. The maximum Gasteiger partial charge on any atom is 0.278 e. The van der Waals surface area contributed by atoms with Crippen LogP contribution in [0.25, 0.3) is 0 Å². The van der Waals surface area contributed by atoms with Crippen molar-refractivity contribution in [3.05, 3.63) is 82.9 Å². The molecule has 2 atom stereocenters. The molecule has 7 nitrogen and oxygen atoms in total. The van der Waals surface area contributed by atoms with E-state index < -0.39 is 23.0 Å². The van der Waals surface area contributed by atoms with Crippen molar-refractivity contribution < 1.29 is 14.0 Å². The van der Waals surface area contributed by atoms with Crippen molar-refractivity contribution in [2.24, 2.45) is 0 Å². The van der Waals surface area contributed by atoms with Crippen LogP contribution in [0.1, 0.15) is 23.6 Å². The van der Waals surface area contributed by atoms with Crippen LogP contribution in [0.4, 0.5) is 15.8 Å². The van der Waals surface area contributed by atoms with Crippen molar-refractivity contribution in [2.45, 2.75) is 25.0 Å². The Kier molecular flexibility index (Phi) is 7.26. The Bertz CT molecular complexity index is 1220. The zero-order valence-electron chi connectivity index (χ0n) is 17.6. The van der Waals surface area contributed by atoms with Gasteiger partial charge in [-0.1, -0.05) is 40.9 Å². The second-order valence-corrected chi connectivity index (χ2v) is 8.06. The Morgan fingerprint density at radius 2 is 1.82 bits per heavy atom. The van der Waals surface area contributed by atoms with Gasteiger partial charge in [-0.3, -0.25) is 14.5 Å². The van der Waals surface area contributed by atoms with Gasteiger partial charge in [0.25, 0.3) is 17.4 Å². The van der Waals surface area contributed by atoms with Gasteiger partial charge in [-0.05, 0) is 44.2 Å². The van der Waals surface area contributed by atoms with Crippen LogP contribution in [-0.2, 0) is 15.1 Å². The van der Waals surface area contributed by atoms with Crippen molar-refractivity contribution in [2.75, 3.05) is 10.2 Å². The number of aromatic nitrogens is 2. The number of anilines is 2. The van der Waals surface area contributed by atoms with E-state index in [1.54, 1.807) is 24.3 Å². The van der Waals surface area contributed by atoms with Gasteiger partial charge in [0.1, 0.15) is 12.4 Å². The number of carbonyl (C=O) groups is 2. The molecule has 0 aliphatic rings. The summed E-state index contributed by atoms with van der Waals surface area (Å²) < 4.78 is 14.2. The smallest absolute Gasteiger partial charge is 0.278 e. The van der Waals surface area contributed by atoms with E-state index in [1.807, 2.05) is 13.0 Å². The maximum absolute atomic E-state index is 14.2. The van der Waals surface area contributed by atoms with Crippen LogP contribution < -0.4 is 10.2 Å². The summed E-state index contributed by atoms with van der Waals surface area (Å²) in [4.78, 5) is 35.6. The van der Waals surface area contributed by atoms with E-state index in [2.05, 4.69) is 15.3 Å². The maximum atomic E-state index is 14.2. The van der Waals surface area contributed by atoms with Gasteiger partial charge in [0.15, 0.2) is 5.54 Å². The van der Waals surface area contributed by atoms with Crippen molar-refractivity contribution in [3.63, 3.8) is 0 Å². The molecule has 0 unspecified atom stereocenters. The summed E-state index contributed by atoms with van der Waals surface area (Å²) in [6.07, 6.45) is 3.97. The average Bonchev–Trinajstić information content (AvgIpc) is 2.81. The molecule has 168 valence electrons. The van der Waals surface area contributed by atoms with Crippen LogP contribution in [0.15, 0.2) is 61.2 Å². The summed E-state index contributed by atoms with van der Waals surface area (Å²) >= 11 is 11.5. The van der Waals surface area contributed by atoms with E-state index in [4.69, 9.17) is 23.2 Å². The molecule has 0 radical (unpaired) electrons. The Labute approximate surface area is 199 Å². The summed E-state index contributed by atoms with van der Waals surface area (Å²) in [5.41, 5.74) is -2.48. The fraction of sp³-hybridized carbons (Fsp3) is 0.174. The molecule has 2 amide bonds. The molecular formula is C23H18Cl2FN5O2. The number of carbonyl (C=O) groups excluding carboxylic acids is 2. The van der Waals surface area contributed by atoms with E-state index in [0.29, 0.717) is 0 Å². The van der Waals surface area contributed by atoms with Gasteiger partial charge < -0.3 is 5.32 Å². The van der Waals surface area contributed by atoms with E-state index >= 15 is 0 Å². The molecule has 3 rings (SSSR count). The van der Waals surface area contributed by atoms with Gasteiger partial charge in [-0.15, -0.1) is 0 Å². The molecule has 0 bridgehead atoms. The van der Waals surface area contributed by atoms with Crippen molar-refractivity contribution in [1.29, 1.82) is 5.26 Å². The second-order valence-electron chi connectivity index (χ2n) is 7.27. The molecule has 3 aromatic rings. The van der Waals surface area contributed by atoms with Gasteiger partial charge in [0.05, 0.1) is 10.6 Å². The molecule has 0 saturated heterocycles. The third-order valence-electron chi connectivity index (χ3n) is 5.06. The number of hydrogen-bond donors (Lipinski definition) is 1. The van der Waals surface area contributed by atoms with Gasteiger partial charge in [0, 0.05) is 29.3 Å². The molecule has 0 fully saturated rings. The number of alkyl halides is 2. The lowest BCUT2D eigenvalue weighted by molar-refractivity contribution is -0.128. The topological polar surface area (TPSA) is 99.0 Å². The predicted octanol–water partition coefficient (Wildman–Crippen LogP) is 4.73. The standard InChI is InChI=1S/C23H18Cl2FN5O2/c1-14-3-6-18(7-4-14)31(21(32)20(25)26)23(2,16-11-28-13-29-12-16)22(33)30-17-5-8-19(24)15(9-17)10-27/h3-9,11-13,20H,1-2H3,(H,30,33)/t20-,23+/m0/s1. The van der Waals surface area contributed by atoms with Crippen molar-refractivity contribution in [3.8, 4) is 6.07 Å². The highest BCUT2D eigenvalue weighted by Crippen LogP contribution is 2.36. The Morgan fingerprint density at radius 1 is 1.18 bits per heavy atom. The van der Waals surface area contributed by atoms with Crippen LogP contribution in [0.5, 0.6) is 0 Å². The predicted molar refractivity (Wildman–Crippen MR) is 124 cm³/mol. The molecule has 1 heterocycles. The molecular weight excluding hydrogens is 468 g/mol. The van der Waals surface area contributed by atoms with Crippen LogP contribution in [0, 0.1) is 18.3 Å². The van der Waals surface area contributed by atoms with Crippen LogP contribution in [-0.4, -0.2) is 27.4 Å². The first-order valence-electron chi connectivity index (χ1n) is 9.64. The number of nitrogens with one attached hydrogen (secondary N) is 1. The number of rotatable bonds is 6. The molecule has 33 heavy (non-hydrogen) atoms. The quantitative estimate of drug-likeness (QED) is 0.508. The third-order valence-corrected chi connectivity index (χ3v) is 5.57.